The predicted molar refractivity (Wildman–Crippen MR) is 90.2 cm³/mol. The number of halogens is 1. The number of benzene rings is 2. The van der Waals surface area contributed by atoms with Crippen molar-refractivity contribution >= 4 is 11.9 Å². The van der Waals surface area contributed by atoms with Gasteiger partial charge in [-0.1, -0.05) is 42.5 Å². The van der Waals surface area contributed by atoms with Crippen molar-refractivity contribution in [1.82, 2.24) is 5.32 Å². The van der Waals surface area contributed by atoms with Crippen molar-refractivity contribution < 1.29 is 24.2 Å². The van der Waals surface area contributed by atoms with Crippen LogP contribution in [0.3, 0.4) is 0 Å². The highest BCUT2D eigenvalue weighted by Crippen LogP contribution is 2.21. The van der Waals surface area contributed by atoms with Gasteiger partial charge in [0, 0.05) is 6.42 Å². The summed E-state index contributed by atoms with van der Waals surface area (Å²) in [6.45, 7) is 0. The standard InChI is InChI=1S/C19H20FNO4/c20-15-8-4-7-14(11-15)17(22)12-18(23)21-16(9-10-19(24)25)13-5-2-1-3-6-13/h1-8,11,16-17,22H,9-10,12H2,(H,21,23)(H,24,25). The van der Waals surface area contributed by atoms with Crippen LogP contribution in [0, 0.1) is 5.82 Å². The summed E-state index contributed by atoms with van der Waals surface area (Å²) in [4.78, 5) is 23.1. The van der Waals surface area contributed by atoms with Gasteiger partial charge in [0.25, 0.3) is 0 Å². The number of amides is 1. The highest BCUT2D eigenvalue weighted by Gasteiger charge is 2.19. The lowest BCUT2D eigenvalue weighted by Gasteiger charge is -2.20. The van der Waals surface area contributed by atoms with Crippen LogP contribution < -0.4 is 5.32 Å². The number of rotatable bonds is 8. The second-order valence-electron chi connectivity index (χ2n) is 5.74. The van der Waals surface area contributed by atoms with Gasteiger partial charge >= 0.3 is 5.97 Å². The van der Waals surface area contributed by atoms with E-state index in [1.165, 1.54) is 18.2 Å². The minimum absolute atomic E-state index is 0.0910. The summed E-state index contributed by atoms with van der Waals surface area (Å²) >= 11 is 0. The van der Waals surface area contributed by atoms with Gasteiger partial charge in [0.1, 0.15) is 5.82 Å². The van der Waals surface area contributed by atoms with Gasteiger partial charge in [0.2, 0.25) is 5.91 Å². The van der Waals surface area contributed by atoms with E-state index in [4.69, 9.17) is 5.11 Å². The highest BCUT2D eigenvalue weighted by molar-refractivity contribution is 5.77. The topological polar surface area (TPSA) is 86.6 Å². The first kappa shape index (κ1) is 18.6. The fourth-order valence-corrected chi connectivity index (χ4v) is 2.54. The minimum Gasteiger partial charge on any atom is -0.481 e. The molecule has 0 aliphatic rings. The van der Waals surface area contributed by atoms with Crippen LogP contribution >= 0.6 is 0 Å². The Bertz CT molecular complexity index is 720. The molecule has 132 valence electrons. The van der Waals surface area contributed by atoms with Gasteiger partial charge in [0.15, 0.2) is 0 Å². The molecule has 0 fully saturated rings. The number of aliphatic carboxylic acids is 1. The molecule has 0 radical (unpaired) electrons. The Morgan fingerprint density at radius 1 is 1.04 bits per heavy atom. The summed E-state index contributed by atoms with van der Waals surface area (Å²) in [6.07, 6.45) is -1.22. The van der Waals surface area contributed by atoms with Crippen LogP contribution in [0.2, 0.25) is 0 Å². The smallest absolute Gasteiger partial charge is 0.303 e. The lowest BCUT2D eigenvalue weighted by Crippen LogP contribution is -2.30. The van der Waals surface area contributed by atoms with E-state index in [0.717, 1.165) is 5.56 Å². The molecule has 25 heavy (non-hydrogen) atoms. The van der Waals surface area contributed by atoms with Crippen molar-refractivity contribution in [2.45, 2.75) is 31.4 Å². The van der Waals surface area contributed by atoms with E-state index in [9.17, 15) is 19.1 Å². The Morgan fingerprint density at radius 2 is 1.72 bits per heavy atom. The van der Waals surface area contributed by atoms with E-state index in [1.807, 2.05) is 6.07 Å². The lowest BCUT2D eigenvalue weighted by molar-refractivity contribution is -0.137. The molecule has 0 heterocycles. The molecule has 0 saturated carbocycles. The number of hydrogen-bond donors (Lipinski definition) is 3. The van der Waals surface area contributed by atoms with Crippen LogP contribution in [0.4, 0.5) is 4.39 Å². The monoisotopic (exact) mass is 345 g/mol. The Morgan fingerprint density at radius 3 is 2.36 bits per heavy atom. The van der Waals surface area contributed by atoms with Gasteiger partial charge < -0.3 is 15.5 Å². The first-order chi connectivity index (χ1) is 12.0. The third-order valence-corrected chi connectivity index (χ3v) is 3.80. The molecule has 1 amide bonds. The first-order valence-corrected chi connectivity index (χ1v) is 7.95. The van der Waals surface area contributed by atoms with E-state index < -0.39 is 29.8 Å². The van der Waals surface area contributed by atoms with Gasteiger partial charge in [-0.2, -0.15) is 0 Å². The molecular formula is C19H20FNO4. The van der Waals surface area contributed by atoms with Crippen molar-refractivity contribution in [2.75, 3.05) is 0 Å². The Kier molecular flexibility index (Phi) is 6.65. The molecule has 0 saturated heterocycles. The van der Waals surface area contributed by atoms with Crippen LogP contribution in [0.1, 0.15) is 42.5 Å². The molecule has 2 unspecified atom stereocenters. The second-order valence-corrected chi connectivity index (χ2v) is 5.74. The van der Waals surface area contributed by atoms with Gasteiger partial charge in [0.05, 0.1) is 18.6 Å². The quantitative estimate of drug-likeness (QED) is 0.686. The van der Waals surface area contributed by atoms with Gasteiger partial charge in [-0.05, 0) is 29.7 Å². The fraction of sp³-hybridized carbons (Fsp3) is 0.263. The van der Waals surface area contributed by atoms with E-state index in [2.05, 4.69) is 5.32 Å². The summed E-state index contributed by atoms with van der Waals surface area (Å²) in [5, 5.41) is 21.7. The summed E-state index contributed by atoms with van der Waals surface area (Å²) in [6, 6.07) is 14.0. The largest absolute Gasteiger partial charge is 0.481 e. The van der Waals surface area contributed by atoms with Gasteiger partial charge in [-0.15, -0.1) is 0 Å². The summed E-state index contributed by atoms with van der Waals surface area (Å²) in [7, 11) is 0. The average molecular weight is 345 g/mol. The Hall–Kier alpha value is -2.73. The maximum Gasteiger partial charge on any atom is 0.303 e. The van der Waals surface area contributed by atoms with Crippen molar-refractivity contribution in [3.05, 3.63) is 71.5 Å². The maximum absolute atomic E-state index is 13.2. The molecule has 0 aromatic heterocycles. The van der Waals surface area contributed by atoms with Crippen LogP contribution in [0.5, 0.6) is 0 Å². The highest BCUT2D eigenvalue weighted by atomic mass is 19.1. The van der Waals surface area contributed by atoms with Crippen molar-refractivity contribution in [3.8, 4) is 0 Å². The van der Waals surface area contributed by atoms with E-state index in [1.54, 1.807) is 30.3 Å². The molecule has 3 N–H and O–H groups in total. The molecule has 2 atom stereocenters. The number of carboxylic acid groups (broad SMARTS) is 1. The first-order valence-electron chi connectivity index (χ1n) is 7.95. The molecule has 2 aromatic rings. The molecule has 2 aromatic carbocycles. The number of carbonyl (C=O) groups is 2. The second kappa shape index (κ2) is 8.94. The van der Waals surface area contributed by atoms with E-state index in [-0.39, 0.29) is 19.3 Å². The number of nitrogens with one attached hydrogen (secondary N) is 1. The molecular weight excluding hydrogens is 325 g/mol. The maximum atomic E-state index is 13.2. The number of carboxylic acids is 1. The van der Waals surface area contributed by atoms with Crippen molar-refractivity contribution in [3.63, 3.8) is 0 Å². The summed E-state index contributed by atoms with van der Waals surface area (Å²) in [5.41, 5.74) is 1.11. The van der Waals surface area contributed by atoms with Crippen LogP contribution in [-0.2, 0) is 9.59 Å². The minimum atomic E-state index is -1.13. The van der Waals surface area contributed by atoms with E-state index >= 15 is 0 Å². The zero-order valence-corrected chi connectivity index (χ0v) is 13.6. The predicted octanol–water partition coefficient (Wildman–Crippen LogP) is 2.97. The zero-order valence-electron chi connectivity index (χ0n) is 13.6. The summed E-state index contributed by atoms with van der Waals surface area (Å²) < 4.78 is 13.2. The fourth-order valence-electron chi connectivity index (χ4n) is 2.54. The molecule has 0 spiro atoms. The summed E-state index contributed by atoms with van der Waals surface area (Å²) in [5.74, 6) is -1.87. The lowest BCUT2D eigenvalue weighted by atomic mass is 10.0. The van der Waals surface area contributed by atoms with Crippen LogP contribution in [0.25, 0.3) is 0 Å². The van der Waals surface area contributed by atoms with Gasteiger partial charge in [-0.25, -0.2) is 4.39 Å². The number of carbonyl (C=O) groups excluding carboxylic acids is 1. The molecule has 0 bridgehead atoms. The molecule has 5 nitrogen and oxygen atoms in total. The number of hydrogen-bond acceptors (Lipinski definition) is 3. The van der Waals surface area contributed by atoms with E-state index in [0.29, 0.717) is 5.56 Å². The molecule has 0 aliphatic heterocycles. The number of aliphatic hydroxyl groups excluding tert-OH is 1. The van der Waals surface area contributed by atoms with Gasteiger partial charge in [-0.3, -0.25) is 9.59 Å². The van der Waals surface area contributed by atoms with Crippen molar-refractivity contribution in [2.24, 2.45) is 0 Å². The third-order valence-electron chi connectivity index (χ3n) is 3.80. The third kappa shape index (κ3) is 6.00. The molecule has 0 aliphatic carbocycles. The molecule has 6 heteroatoms. The van der Waals surface area contributed by atoms with Crippen molar-refractivity contribution in [1.29, 1.82) is 0 Å². The SMILES string of the molecule is O=C(O)CCC(NC(=O)CC(O)c1cccc(F)c1)c1ccccc1. The molecule has 2 rings (SSSR count). The average Bonchev–Trinajstić information content (AvgIpc) is 2.59. The number of aliphatic hydroxyl groups is 1. The Balaban J connectivity index is 2.02. The Labute approximate surface area is 145 Å². The van der Waals surface area contributed by atoms with Crippen LogP contribution in [-0.4, -0.2) is 22.1 Å². The zero-order chi connectivity index (χ0) is 18.2. The normalized spacial score (nSPS) is 13.0. The van der Waals surface area contributed by atoms with Crippen LogP contribution in [0.15, 0.2) is 54.6 Å².